The first kappa shape index (κ1) is 20.4. The van der Waals surface area contributed by atoms with Crippen LogP contribution in [0.25, 0.3) is 0 Å². The van der Waals surface area contributed by atoms with Crippen molar-refractivity contribution in [1.29, 1.82) is 0 Å². The van der Waals surface area contributed by atoms with Gasteiger partial charge in [0.15, 0.2) is 5.13 Å². The second-order valence-electron chi connectivity index (χ2n) is 6.01. The van der Waals surface area contributed by atoms with Crippen LogP contribution < -0.4 is 10.6 Å². The number of carbonyl (C=O) groups excluding carboxylic acids is 2. The van der Waals surface area contributed by atoms with Crippen LogP contribution in [-0.4, -0.2) is 22.6 Å². The van der Waals surface area contributed by atoms with Gasteiger partial charge >= 0.3 is 0 Å². The third kappa shape index (κ3) is 6.37. The lowest BCUT2D eigenvalue weighted by Gasteiger charge is -2.07. The minimum absolute atomic E-state index is 0.0964. The van der Waals surface area contributed by atoms with Gasteiger partial charge in [0, 0.05) is 21.0 Å². The SMILES string of the molecule is Cc1csc(NC(=O)CSc2ccc(NC(=O)Cc3ccc(Cl)cc3)cc2)n1. The molecule has 1 aromatic heterocycles. The summed E-state index contributed by atoms with van der Waals surface area (Å²) in [5.74, 6) is 0.0986. The van der Waals surface area contributed by atoms with Gasteiger partial charge < -0.3 is 10.6 Å². The van der Waals surface area contributed by atoms with Crippen LogP contribution in [0.4, 0.5) is 10.8 Å². The zero-order valence-electron chi connectivity index (χ0n) is 15.1. The Morgan fingerprint density at radius 2 is 1.75 bits per heavy atom. The van der Waals surface area contributed by atoms with Crippen molar-refractivity contribution in [2.45, 2.75) is 18.2 Å². The zero-order valence-corrected chi connectivity index (χ0v) is 17.5. The summed E-state index contributed by atoms with van der Waals surface area (Å²) in [4.78, 5) is 29.3. The highest BCUT2D eigenvalue weighted by Gasteiger charge is 2.07. The Morgan fingerprint density at radius 3 is 2.39 bits per heavy atom. The van der Waals surface area contributed by atoms with Crippen LogP contribution in [-0.2, 0) is 16.0 Å². The molecule has 0 bridgehead atoms. The summed E-state index contributed by atoms with van der Waals surface area (Å²) in [5, 5.41) is 8.79. The van der Waals surface area contributed by atoms with Crippen LogP contribution in [0.5, 0.6) is 0 Å². The predicted octanol–water partition coefficient (Wildman–Crippen LogP) is 5.02. The summed E-state index contributed by atoms with van der Waals surface area (Å²) in [7, 11) is 0. The molecule has 2 aromatic carbocycles. The van der Waals surface area contributed by atoms with E-state index in [0.717, 1.165) is 16.2 Å². The smallest absolute Gasteiger partial charge is 0.236 e. The predicted molar refractivity (Wildman–Crippen MR) is 116 cm³/mol. The van der Waals surface area contributed by atoms with Gasteiger partial charge in [-0.2, -0.15) is 0 Å². The summed E-state index contributed by atoms with van der Waals surface area (Å²) in [6, 6.07) is 14.6. The summed E-state index contributed by atoms with van der Waals surface area (Å²) >= 11 is 8.68. The highest BCUT2D eigenvalue weighted by atomic mass is 35.5. The quantitative estimate of drug-likeness (QED) is 0.515. The van der Waals surface area contributed by atoms with E-state index >= 15 is 0 Å². The van der Waals surface area contributed by atoms with Crippen LogP contribution in [0.2, 0.25) is 5.02 Å². The number of hydrogen-bond acceptors (Lipinski definition) is 5. The molecule has 0 radical (unpaired) electrons. The number of amides is 2. The first-order chi connectivity index (χ1) is 13.5. The molecule has 2 amide bonds. The van der Waals surface area contributed by atoms with Crippen molar-refractivity contribution in [3.63, 3.8) is 0 Å². The maximum absolute atomic E-state index is 12.1. The van der Waals surface area contributed by atoms with Gasteiger partial charge in [0.1, 0.15) is 0 Å². The lowest BCUT2D eigenvalue weighted by atomic mass is 10.1. The number of aromatic nitrogens is 1. The molecular formula is C20H18ClN3O2S2. The van der Waals surface area contributed by atoms with E-state index in [0.29, 0.717) is 21.6 Å². The Hall–Kier alpha value is -2.35. The van der Waals surface area contributed by atoms with E-state index in [1.807, 2.05) is 48.7 Å². The number of nitrogens with one attached hydrogen (secondary N) is 2. The molecule has 28 heavy (non-hydrogen) atoms. The number of hydrogen-bond donors (Lipinski definition) is 2. The number of thioether (sulfide) groups is 1. The molecule has 0 spiro atoms. The Balaban J connectivity index is 1.45. The molecule has 0 aliphatic carbocycles. The highest BCUT2D eigenvalue weighted by molar-refractivity contribution is 8.00. The van der Waals surface area contributed by atoms with Crippen molar-refractivity contribution in [2.24, 2.45) is 0 Å². The number of carbonyl (C=O) groups is 2. The maximum atomic E-state index is 12.1. The molecular weight excluding hydrogens is 414 g/mol. The molecule has 3 aromatic rings. The molecule has 144 valence electrons. The number of thiazole rings is 1. The third-order valence-corrected chi connectivity index (χ3v) is 5.79. The van der Waals surface area contributed by atoms with Crippen molar-refractivity contribution in [1.82, 2.24) is 4.98 Å². The van der Waals surface area contributed by atoms with E-state index in [9.17, 15) is 9.59 Å². The molecule has 8 heteroatoms. The van der Waals surface area contributed by atoms with Crippen LogP contribution in [0.15, 0.2) is 58.8 Å². The van der Waals surface area contributed by atoms with Gasteiger partial charge in [-0.25, -0.2) is 4.98 Å². The molecule has 5 nitrogen and oxygen atoms in total. The summed E-state index contributed by atoms with van der Waals surface area (Å²) in [6.07, 6.45) is 0.282. The fourth-order valence-electron chi connectivity index (χ4n) is 2.34. The Bertz CT molecular complexity index is 956. The lowest BCUT2D eigenvalue weighted by Crippen LogP contribution is -2.14. The maximum Gasteiger partial charge on any atom is 0.236 e. The molecule has 0 saturated carbocycles. The number of halogens is 1. The van der Waals surface area contributed by atoms with Gasteiger partial charge in [0.2, 0.25) is 11.8 Å². The van der Waals surface area contributed by atoms with Crippen molar-refractivity contribution >= 4 is 57.3 Å². The lowest BCUT2D eigenvalue weighted by molar-refractivity contribution is -0.115. The van der Waals surface area contributed by atoms with E-state index in [2.05, 4.69) is 15.6 Å². The van der Waals surface area contributed by atoms with Gasteiger partial charge in [-0.1, -0.05) is 23.7 Å². The minimum atomic E-state index is -0.0975. The van der Waals surface area contributed by atoms with Gasteiger partial charge in [-0.05, 0) is 48.9 Å². The number of benzene rings is 2. The van der Waals surface area contributed by atoms with E-state index < -0.39 is 0 Å². The third-order valence-electron chi connectivity index (χ3n) is 3.65. The molecule has 0 aliphatic heterocycles. The average Bonchev–Trinajstić information content (AvgIpc) is 3.07. The zero-order chi connectivity index (χ0) is 19.9. The van der Waals surface area contributed by atoms with Crippen molar-refractivity contribution < 1.29 is 9.59 Å². The van der Waals surface area contributed by atoms with Gasteiger partial charge in [0.25, 0.3) is 0 Å². The first-order valence-corrected chi connectivity index (χ1v) is 10.7. The van der Waals surface area contributed by atoms with E-state index in [-0.39, 0.29) is 18.2 Å². The topological polar surface area (TPSA) is 71.1 Å². The van der Waals surface area contributed by atoms with Gasteiger partial charge in [-0.15, -0.1) is 23.1 Å². The number of anilines is 2. The largest absolute Gasteiger partial charge is 0.326 e. The normalized spacial score (nSPS) is 10.5. The van der Waals surface area contributed by atoms with Crippen LogP contribution >= 0.6 is 34.7 Å². The van der Waals surface area contributed by atoms with Crippen molar-refractivity contribution in [3.8, 4) is 0 Å². The molecule has 2 N–H and O–H groups in total. The van der Waals surface area contributed by atoms with Crippen LogP contribution in [0.1, 0.15) is 11.3 Å². The Morgan fingerprint density at radius 1 is 1.04 bits per heavy atom. The second-order valence-corrected chi connectivity index (χ2v) is 8.35. The van der Waals surface area contributed by atoms with Crippen LogP contribution in [0.3, 0.4) is 0 Å². The standard InChI is InChI=1S/C20H18ClN3O2S2/c1-13-11-28-20(22-13)24-19(26)12-27-17-8-6-16(7-9-17)23-18(25)10-14-2-4-15(21)5-3-14/h2-9,11H,10,12H2,1H3,(H,23,25)(H,22,24,26). The van der Waals surface area contributed by atoms with E-state index in [1.165, 1.54) is 23.1 Å². The Kier molecular flexibility index (Phi) is 7.08. The fourth-order valence-corrected chi connectivity index (χ4v) is 3.87. The molecule has 3 rings (SSSR count). The van der Waals surface area contributed by atoms with Crippen LogP contribution in [0, 0.1) is 6.92 Å². The molecule has 0 atom stereocenters. The molecule has 0 aliphatic rings. The van der Waals surface area contributed by atoms with Gasteiger partial charge in [0.05, 0.1) is 17.9 Å². The number of rotatable bonds is 7. The molecule has 0 saturated heterocycles. The van der Waals surface area contributed by atoms with Gasteiger partial charge in [-0.3, -0.25) is 9.59 Å². The molecule has 0 unspecified atom stereocenters. The van der Waals surface area contributed by atoms with E-state index in [4.69, 9.17) is 11.6 Å². The summed E-state index contributed by atoms with van der Waals surface area (Å²) in [6.45, 7) is 1.89. The second kappa shape index (κ2) is 9.73. The number of aryl methyl sites for hydroxylation is 1. The molecule has 0 fully saturated rings. The monoisotopic (exact) mass is 431 g/mol. The highest BCUT2D eigenvalue weighted by Crippen LogP contribution is 2.21. The number of nitrogens with zero attached hydrogens (tertiary/aromatic N) is 1. The average molecular weight is 432 g/mol. The summed E-state index contributed by atoms with van der Waals surface area (Å²) in [5.41, 5.74) is 2.50. The molecule has 1 heterocycles. The fraction of sp³-hybridized carbons (Fsp3) is 0.150. The Labute approximate surface area is 176 Å². The summed E-state index contributed by atoms with van der Waals surface area (Å²) < 4.78 is 0. The van der Waals surface area contributed by atoms with Crippen molar-refractivity contribution in [2.75, 3.05) is 16.4 Å². The van der Waals surface area contributed by atoms with Crippen molar-refractivity contribution in [3.05, 3.63) is 70.2 Å². The van der Waals surface area contributed by atoms with E-state index in [1.54, 1.807) is 12.1 Å². The minimum Gasteiger partial charge on any atom is -0.326 e. The first-order valence-electron chi connectivity index (χ1n) is 8.47.